The van der Waals surface area contributed by atoms with E-state index in [2.05, 4.69) is 22.2 Å². The van der Waals surface area contributed by atoms with E-state index >= 15 is 0 Å². The fourth-order valence-corrected chi connectivity index (χ4v) is 4.13. The number of nitrogens with one attached hydrogen (secondary N) is 2. The van der Waals surface area contributed by atoms with Gasteiger partial charge in [-0.1, -0.05) is 43.8 Å². The zero-order valence-electron chi connectivity index (χ0n) is 19.8. The predicted octanol–water partition coefficient (Wildman–Crippen LogP) is 1.83. The lowest BCUT2D eigenvalue weighted by atomic mass is 9.95. The van der Waals surface area contributed by atoms with Crippen molar-refractivity contribution in [2.45, 2.75) is 39.3 Å². The Balaban J connectivity index is 2.12. The predicted molar refractivity (Wildman–Crippen MR) is 135 cm³/mol. The van der Waals surface area contributed by atoms with Crippen LogP contribution < -0.4 is 21.9 Å². The first kappa shape index (κ1) is 24.9. The molecule has 0 fully saturated rings. The first-order valence-corrected chi connectivity index (χ1v) is 11.3. The Morgan fingerprint density at radius 2 is 1.97 bits per heavy atom. The van der Waals surface area contributed by atoms with Crippen molar-refractivity contribution in [3.05, 3.63) is 87.4 Å². The molecule has 2 heterocycles. The molecule has 0 bridgehead atoms. The third-order valence-electron chi connectivity index (χ3n) is 5.93. The number of nitrogens with zero attached hydrogens (tertiary/aromatic N) is 2. The number of aliphatic imine (C=N–C) groups is 1. The fourth-order valence-electron chi connectivity index (χ4n) is 4.13. The van der Waals surface area contributed by atoms with Crippen LogP contribution in [0.5, 0.6) is 0 Å². The summed E-state index contributed by atoms with van der Waals surface area (Å²) in [4.78, 5) is 42.6. The van der Waals surface area contributed by atoms with Crippen molar-refractivity contribution in [2.75, 3.05) is 13.1 Å². The van der Waals surface area contributed by atoms with E-state index in [1.807, 2.05) is 44.2 Å². The summed E-state index contributed by atoms with van der Waals surface area (Å²) in [6.07, 6.45) is 1.03. The van der Waals surface area contributed by atoms with E-state index < -0.39 is 11.6 Å². The van der Waals surface area contributed by atoms with Gasteiger partial charge in [-0.2, -0.15) is 0 Å². The van der Waals surface area contributed by atoms with Crippen LogP contribution in [0.1, 0.15) is 35.5 Å². The maximum absolute atomic E-state index is 13.7. The van der Waals surface area contributed by atoms with E-state index in [4.69, 9.17) is 5.73 Å². The van der Waals surface area contributed by atoms with E-state index in [1.54, 1.807) is 19.1 Å². The second kappa shape index (κ2) is 10.9. The third kappa shape index (κ3) is 5.07. The van der Waals surface area contributed by atoms with Crippen LogP contribution in [0.3, 0.4) is 0 Å². The zero-order chi connectivity index (χ0) is 24.8. The average molecular weight is 462 g/mol. The second-order valence-electron chi connectivity index (χ2n) is 8.23. The highest BCUT2D eigenvalue weighted by Gasteiger charge is 2.29. The highest BCUT2D eigenvalue weighted by atomic mass is 16.2. The van der Waals surface area contributed by atoms with Crippen LogP contribution in [0.25, 0.3) is 5.70 Å². The number of likely N-dealkylation sites (N-methyl/N-ethyl adjacent to an activating group) is 1. The summed E-state index contributed by atoms with van der Waals surface area (Å²) in [6, 6.07) is 12.1. The minimum absolute atomic E-state index is 0.0553. The normalized spacial score (nSPS) is 16.7. The molecule has 0 radical (unpaired) electrons. The number of benzene rings is 1. The van der Waals surface area contributed by atoms with Gasteiger partial charge in [0.1, 0.15) is 5.84 Å². The van der Waals surface area contributed by atoms with E-state index in [9.17, 15) is 14.4 Å². The molecule has 1 unspecified atom stereocenters. The number of aryl methyl sites for hydroxylation is 1. The van der Waals surface area contributed by atoms with Gasteiger partial charge in [-0.15, -0.1) is 0 Å². The van der Waals surface area contributed by atoms with Crippen molar-refractivity contribution in [1.82, 2.24) is 15.2 Å². The van der Waals surface area contributed by atoms with E-state index in [0.29, 0.717) is 41.9 Å². The minimum atomic E-state index is -0.561. The van der Waals surface area contributed by atoms with Gasteiger partial charge >= 0.3 is 0 Å². The van der Waals surface area contributed by atoms with Crippen molar-refractivity contribution < 1.29 is 9.59 Å². The lowest BCUT2D eigenvalue weighted by Crippen LogP contribution is -2.43. The van der Waals surface area contributed by atoms with Gasteiger partial charge in [0, 0.05) is 17.8 Å². The molecule has 2 aromatic rings. The highest BCUT2D eigenvalue weighted by Crippen LogP contribution is 2.27. The smallest absolute Gasteiger partial charge is 0.266 e. The Morgan fingerprint density at radius 1 is 1.26 bits per heavy atom. The molecule has 2 atom stereocenters. The number of carbonyl (C=O) groups is 2. The van der Waals surface area contributed by atoms with Gasteiger partial charge < -0.3 is 16.4 Å². The summed E-state index contributed by atoms with van der Waals surface area (Å²) in [7, 11) is 0. The Kier molecular flexibility index (Phi) is 7.96. The maximum Gasteiger partial charge on any atom is 0.266 e. The first-order chi connectivity index (χ1) is 16.3. The molecule has 1 aromatic carbocycles. The first-order valence-electron chi connectivity index (χ1n) is 11.3. The molecule has 0 aliphatic carbocycles. The molecule has 34 heavy (non-hydrogen) atoms. The van der Waals surface area contributed by atoms with Crippen LogP contribution >= 0.6 is 0 Å². The number of hydrogen-bond acceptors (Lipinski definition) is 6. The van der Waals surface area contributed by atoms with Gasteiger partial charge in [0.05, 0.1) is 23.3 Å². The summed E-state index contributed by atoms with van der Waals surface area (Å²) in [5, 5.41) is 5.83. The summed E-state index contributed by atoms with van der Waals surface area (Å²) >= 11 is 0. The quantitative estimate of drug-likeness (QED) is 0.369. The lowest BCUT2D eigenvalue weighted by molar-refractivity contribution is -0.109. The molecule has 1 aliphatic heterocycles. The topological polar surface area (TPSA) is 119 Å². The summed E-state index contributed by atoms with van der Waals surface area (Å²) < 4.78 is 1.40. The monoisotopic (exact) mass is 461 g/mol. The molecule has 8 heteroatoms. The summed E-state index contributed by atoms with van der Waals surface area (Å²) in [6.45, 7) is 10.3. The van der Waals surface area contributed by atoms with Crippen molar-refractivity contribution in [3.8, 4) is 0 Å². The fraction of sp³-hybridized carbons (Fsp3) is 0.308. The average Bonchev–Trinajstić information content (AvgIpc) is 2.82. The molecule has 178 valence electrons. The minimum Gasteiger partial charge on any atom is -0.382 e. The number of ketones is 1. The van der Waals surface area contributed by atoms with Crippen molar-refractivity contribution in [3.63, 3.8) is 0 Å². The molecule has 0 saturated heterocycles. The molecule has 4 N–H and O–H groups in total. The van der Waals surface area contributed by atoms with E-state index in [1.165, 1.54) is 4.57 Å². The summed E-state index contributed by atoms with van der Waals surface area (Å²) in [5.74, 6) is -0.138. The third-order valence-corrected chi connectivity index (χ3v) is 5.93. The number of amidine groups is 1. The molecule has 1 aromatic heterocycles. The molecule has 8 nitrogen and oxygen atoms in total. The SMILES string of the molecule is C=C1C(CNC=O)=C(n2c(C)ccc(C(=O)[C@@H](Cc3ccccc3)NCC)c2=O)C(N)=NC1C. The van der Waals surface area contributed by atoms with Crippen LogP contribution in [0.15, 0.2) is 70.0 Å². The van der Waals surface area contributed by atoms with Crippen LogP contribution in [0.4, 0.5) is 0 Å². The number of Topliss-reactive ketones (excluding diaryl/α,β-unsaturated/α-hetero) is 1. The number of aromatic nitrogens is 1. The molecule has 1 aliphatic rings. The zero-order valence-corrected chi connectivity index (χ0v) is 19.8. The van der Waals surface area contributed by atoms with Gasteiger partial charge in [0.2, 0.25) is 6.41 Å². The Bertz CT molecular complexity index is 1210. The van der Waals surface area contributed by atoms with E-state index in [0.717, 1.165) is 5.56 Å². The summed E-state index contributed by atoms with van der Waals surface area (Å²) in [5.41, 5.74) is 9.03. The van der Waals surface area contributed by atoms with Crippen LogP contribution in [-0.2, 0) is 11.2 Å². The van der Waals surface area contributed by atoms with E-state index in [-0.39, 0.29) is 29.8 Å². The van der Waals surface area contributed by atoms with Crippen LogP contribution in [0, 0.1) is 6.92 Å². The molecule has 1 amide bonds. The van der Waals surface area contributed by atoms with Crippen LogP contribution in [0.2, 0.25) is 0 Å². The second-order valence-corrected chi connectivity index (χ2v) is 8.23. The Morgan fingerprint density at radius 3 is 2.62 bits per heavy atom. The molecule has 3 rings (SSSR count). The number of amides is 1. The van der Waals surface area contributed by atoms with Gasteiger partial charge in [0.25, 0.3) is 5.56 Å². The standard InChI is InChI=1S/C26H31N5O3/c1-5-29-22(13-19-9-7-6-8-10-19)24(33)20-12-11-16(2)31(26(20)34)23-21(14-28-15-32)17(3)18(4)30-25(23)27/h6-12,15,18,22,29H,3,5,13-14H2,1-2,4H3,(H2,27,30)(H,28,32)/t18?,22-/m1/s1. The molecule has 0 spiro atoms. The number of nitrogens with two attached hydrogens (primary N) is 1. The van der Waals surface area contributed by atoms with Gasteiger partial charge in [-0.05, 0) is 50.1 Å². The van der Waals surface area contributed by atoms with Crippen molar-refractivity contribution in [2.24, 2.45) is 10.7 Å². The van der Waals surface area contributed by atoms with Crippen LogP contribution in [-0.4, -0.2) is 47.8 Å². The number of pyridine rings is 1. The van der Waals surface area contributed by atoms with Gasteiger partial charge in [0.15, 0.2) is 5.78 Å². The maximum atomic E-state index is 13.7. The van der Waals surface area contributed by atoms with Gasteiger partial charge in [-0.3, -0.25) is 23.9 Å². The largest absolute Gasteiger partial charge is 0.382 e. The van der Waals surface area contributed by atoms with Crippen molar-refractivity contribution in [1.29, 1.82) is 0 Å². The highest BCUT2D eigenvalue weighted by molar-refractivity contribution is 6.19. The number of carbonyl (C=O) groups excluding carboxylic acids is 2. The number of dihydropyridines is 1. The van der Waals surface area contributed by atoms with Gasteiger partial charge in [-0.25, -0.2) is 0 Å². The number of hydrogen-bond donors (Lipinski definition) is 3. The molecular weight excluding hydrogens is 430 g/mol. The van der Waals surface area contributed by atoms with Crippen molar-refractivity contribution >= 4 is 23.7 Å². The Hall–Kier alpha value is -3.78. The molecule has 0 saturated carbocycles. The lowest BCUT2D eigenvalue weighted by Gasteiger charge is -2.27. The molecular formula is C26H31N5O3. The Labute approximate surface area is 199 Å². The number of rotatable bonds is 10.